The van der Waals surface area contributed by atoms with Gasteiger partial charge in [-0.15, -0.1) is 0 Å². The lowest BCUT2D eigenvalue weighted by Crippen LogP contribution is -2.26. The number of benzene rings is 1. The van der Waals surface area contributed by atoms with Gasteiger partial charge in [0.2, 0.25) is 0 Å². The third-order valence-corrected chi connectivity index (χ3v) is 3.26. The highest BCUT2D eigenvalue weighted by Gasteiger charge is 2.15. The fourth-order valence-electron chi connectivity index (χ4n) is 1.83. The first kappa shape index (κ1) is 14.1. The van der Waals surface area contributed by atoms with Crippen molar-refractivity contribution in [3.63, 3.8) is 0 Å². The number of nitrogens with one attached hydrogen (secondary N) is 1. The van der Waals surface area contributed by atoms with Crippen LogP contribution in [-0.4, -0.2) is 13.1 Å². The van der Waals surface area contributed by atoms with Crippen LogP contribution in [0.15, 0.2) is 18.2 Å². The van der Waals surface area contributed by atoms with Crippen molar-refractivity contribution in [1.82, 2.24) is 5.32 Å². The second-order valence-electron chi connectivity index (χ2n) is 4.68. The lowest BCUT2D eigenvalue weighted by molar-refractivity contribution is 0.362. The van der Waals surface area contributed by atoms with Gasteiger partial charge < -0.3 is 5.32 Å². The molecule has 0 fully saturated rings. The van der Waals surface area contributed by atoms with Crippen LogP contribution in [0.5, 0.6) is 0 Å². The van der Waals surface area contributed by atoms with Crippen molar-refractivity contribution in [2.24, 2.45) is 11.8 Å². The van der Waals surface area contributed by atoms with Crippen LogP contribution >= 0.6 is 0 Å². The zero-order chi connectivity index (χ0) is 12.8. The standard InChI is InChI=1S/C14H21F2N/c1-4-17-9-11(3)10(2)8-12-6-5-7-13(15)14(12)16/h5-7,10-11,17H,4,8-9H2,1-3H3. The van der Waals surface area contributed by atoms with Crippen LogP contribution in [-0.2, 0) is 6.42 Å². The molecule has 0 spiro atoms. The van der Waals surface area contributed by atoms with E-state index >= 15 is 0 Å². The molecule has 0 aliphatic carbocycles. The molecular formula is C14H21F2N. The third-order valence-electron chi connectivity index (χ3n) is 3.26. The molecule has 0 aliphatic rings. The monoisotopic (exact) mass is 241 g/mol. The first-order chi connectivity index (χ1) is 8.06. The van der Waals surface area contributed by atoms with Crippen LogP contribution < -0.4 is 5.32 Å². The highest BCUT2D eigenvalue weighted by molar-refractivity contribution is 5.19. The minimum atomic E-state index is -0.756. The fraction of sp³-hybridized carbons (Fsp3) is 0.571. The Kier molecular flexibility index (Phi) is 5.56. The van der Waals surface area contributed by atoms with E-state index in [1.54, 1.807) is 12.1 Å². The Hall–Kier alpha value is -0.960. The van der Waals surface area contributed by atoms with E-state index in [0.717, 1.165) is 19.2 Å². The summed E-state index contributed by atoms with van der Waals surface area (Å²) < 4.78 is 26.5. The number of hydrogen-bond acceptors (Lipinski definition) is 1. The van der Waals surface area contributed by atoms with Crippen molar-refractivity contribution in [1.29, 1.82) is 0 Å². The van der Waals surface area contributed by atoms with Gasteiger partial charge in [-0.2, -0.15) is 0 Å². The van der Waals surface area contributed by atoms with E-state index in [0.29, 0.717) is 23.8 Å². The summed E-state index contributed by atoms with van der Waals surface area (Å²) in [6.07, 6.45) is 0.580. The second kappa shape index (κ2) is 6.70. The summed E-state index contributed by atoms with van der Waals surface area (Å²) in [6.45, 7) is 8.11. The molecule has 0 radical (unpaired) electrons. The molecule has 0 amide bonds. The molecule has 3 heteroatoms. The van der Waals surface area contributed by atoms with Gasteiger partial charge in [-0.05, 0) is 43.0 Å². The summed E-state index contributed by atoms with van der Waals surface area (Å²) in [5.74, 6) is -0.688. The van der Waals surface area contributed by atoms with E-state index < -0.39 is 11.6 Å². The molecule has 0 saturated carbocycles. The van der Waals surface area contributed by atoms with Crippen LogP contribution in [0.2, 0.25) is 0 Å². The first-order valence-corrected chi connectivity index (χ1v) is 6.19. The molecule has 0 aliphatic heterocycles. The van der Waals surface area contributed by atoms with E-state index in [-0.39, 0.29) is 0 Å². The topological polar surface area (TPSA) is 12.0 Å². The summed E-state index contributed by atoms with van der Waals surface area (Å²) in [4.78, 5) is 0. The average Bonchev–Trinajstić information content (AvgIpc) is 2.31. The Bertz CT molecular complexity index is 352. The van der Waals surface area contributed by atoms with Gasteiger partial charge in [-0.3, -0.25) is 0 Å². The Morgan fingerprint density at radius 1 is 1.18 bits per heavy atom. The van der Waals surface area contributed by atoms with Gasteiger partial charge in [0, 0.05) is 0 Å². The van der Waals surface area contributed by atoms with Gasteiger partial charge in [0.1, 0.15) is 0 Å². The summed E-state index contributed by atoms with van der Waals surface area (Å²) in [5.41, 5.74) is 0.473. The smallest absolute Gasteiger partial charge is 0.162 e. The Morgan fingerprint density at radius 2 is 1.88 bits per heavy atom. The Balaban J connectivity index is 2.61. The number of rotatable bonds is 6. The molecule has 1 N–H and O–H groups in total. The molecule has 0 saturated heterocycles. The van der Waals surface area contributed by atoms with E-state index in [4.69, 9.17) is 0 Å². The molecule has 0 bridgehead atoms. The Morgan fingerprint density at radius 3 is 2.53 bits per heavy atom. The molecule has 0 heterocycles. The van der Waals surface area contributed by atoms with Crippen molar-refractivity contribution < 1.29 is 8.78 Å². The number of hydrogen-bond donors (Lipinski definition) is 1. The highest BCUT2D eigenvalue weighted by Crippen LogP contribution is 2.20. The lowest BCUT2D eigenvalue weighted by Gasteiger charge is -2.20. The van der Waals surface area contributed by atoms with E-state index in [1.165, 1.54) is 0 Å². The van der Waals surface area contributed by atoms with Gasteiger partial charge in [-0.25, -0.2) is 8.78 Å². The van der Waals surface area contributed by atoms with E-state index in [2.05, 4.69) is 26.1 Å². The van der Waals surface area contributed by atoms with Crippen molar-refractivity contribution in [2.75, 3.05) is 13.1 Å². The van der Waals surface area contributed by atoms with Crippen molar-refractivity contribution in [2.45, 2.75) is 27.2 Å². The molecule has 1 aromatic carbocycles. The predicted octanol–water partition coefficient (Wildman–Crippen LogP) is 3.39. The van der Waals surface area contributed by atoms with Gasteiger partial charge in [0.15, 0.2) is 11.6 Å². The van der Waals surface area contributed by atoms with Crippen LogP contribution in [0.3, 0.4) is 0 Å². The average molecular weight is 241 g/mol. The molecule has 2 unspecified atom stereocenters. The summed E-state index contributed by atoms with van der Waals surface area (Å²) in [6, 6.07) is 4.38. The molecule has 96 valence electrons. The molecule has 17 heavy (non-hydrogen) atoms. The van der Waals surface area contributed by atoms with E-state index in [9.17, 15) is 8.78 Å². The van der Waals surface area contributed by atoms with Crippen LogP contribution in [0.25, 0.3) is 0 Å². The zero-order valence-electron chi connectivity index (χ0n) is 10.8. The lowest BCUT2D eigenvalue weighted by atomic mass is 9.89. The normalized spacial score (nSPS) is 14.6. The molecule has 1 aromatic rings. The van der Waals surface area contributed by atoms with Crippen LogP contribution in [0.4, 0.5) is 8.78 Å². The largest absolute Gasteiger partial charge is 0.317 e. The first-order valence-electron chi connectivity index (χ1n) is 6.19. The second-order valence-corrected chi connectivity index (χ2v) is 4.68. The molecular weight excluding hydrogens is 220 g/mol. The van der Waals surface area contributed by atoms with Gasteiger partial charge in [-0.1, -0.05) is 32.9 Å². The zero-order valence-corrected chi connectivity index (χ0v) is 10.8. The number of halogens is 2. The summed E-state index contributed by atoms with van der Waals surface area (Å²) >= 11 is 0. The van der Waals surface area contributed by atoms with Crippen molar-refractivity contribution in [3.8, 4) is 0 Å². The minimum Gasteiger partial charge on any atom is -0.317 e. The SMILES string of the molecule is CCNCC(C)C(C)Cc1cccc(F)c1F. The summed E-state index contributed by atoms with van der Waals surface area (Å²) in [7, 11) is 0. The molecule has 1 rings (SSSR count). The molecule has 2 atom stereocenters. The van der Waals surface area contributed by atoms with Crippen molar-refractivity contribution in [3.05, 3.63) is 35.4 Å². The van der Waals surface area contributed by atoms with Crippen LogP contribution in [0.1, 0.15) is 26.3 Å². The maximum absolute atomic E-state index is 13.5. The quantitative estimate of drug-likeness (QED) is 0.805. The Labute approximate surface area is 102 Å². The van der Waals surface area contributed by atoms with Crippen molar-refractivity contribution >= 4 is 0 Å². The summed E-state index contributed by atoms with van der Waals surface area (Å²) in [5, 5.41) is 3.27. The minimum absolute atomic E-state index is 0.324. The third kappa shape index (κ3) is 4.08. The van der Waals surface area contributed by atoms with E-state index in [1.807, 2.05) is 0 Å². The van der Waals surface area contributed by atoms with Gasteiger partial charge in [0.05, 0.1) is 0 Å². The van der Waals surface area contributed by atoms with Gasteiger partial charge in [0.25, 0.3) is 0 Å². The fourth-order valence-corrected chi connectivity index (χ4v) is 1.83. The predicted molar refractivity (Wildman–Crippen MR) is 66.9 cm³/mol. The molecule has 1 nitrogen and oxygen atoms in total. The molecule has 0 aromatic heterocycles. The maximum atomic E-state index is 13.5. The van der Waals surface area contributed by atoms with Gasteiger partial charge >= 0.3 is 0 Å². The highest BCUT2D eigenvalue weighted by atomic mass is 19.2. The maximum Gasteiger partial charge on any atom is 0.162 e. The van der Waals surface area contributed by atoms with Crippen LogP contribution in [0, 0.1) is 23.5 Å².